The van der Waals surface area contributed by atoms with Gasteiger partial charge < -0.3 is 4.90 Å². The van der Waals surface area contributed by atoms with Gasteiger partial charge in [0.2, 0.25) is 0 Å². The predicted molar refractivity (Wildman–Crippen MR) is 115 cm³/mol. The average molecular weight is 424 g/mol. The molecule has 0 spiro atoms. The zero-order chi connectivity index (χ0) is 19.8. The second-order valence-corrected chi connectivity index (χ2v) is 9.08. The van der Waals surface area contributed by atoms with Gasteiger partial charge >= 0.3 is 0 Å². The van der Waals surface area contributed by atoms with Gasteiger partial charge in [0.25, 0.3) is 5.91 Å². The van der Waals surface area contributed by atoms with Crippen LogP contribution >= 0.6 is 22.7 Å². The number of thiazole rings is 2. The molecule has 0 aliphatic carbocycles. The largest absolute Gasteiger partial charge is 0.337 e. The molecule has 2 aromatic heterocycles. The Morgan fingerprint density at radius 3 is 2.76 bits per heavy atom. The third kappa shape index (κ3) is 3.68. The number of rotatable bonds is 3. The van der Waals surface area contributed by atoms with Crippen molar-refractivity contribution in [1.82, 2.24) is 14.9 Å². The summed E-state index contributed by atoms with van der Waals surface area (Å²) in [6, 6.07) is 14.4. The van der Waals surface area contributed by atoms with Gasteiger partial charge in [0.1, 0.15) is 16.5 Å². The smallest absolute Gasteiger partial charge is 0.273 e. The molecule has 1 atom stereocenters. The molecule has 146 valence electrons. The van der Waals surface area contributed by atoms with E-state index in [0.717, 1.165) is 40.5 Å². The Kier molecular flexibility index (Phi) is 4.85. The number of para-hydroxylation sites is 1. The molecule has 4 nitrogen and oxygen atoms in total. The van der Waals surface area contributed by atoms with E-state index in [1.54, 1.807) is 28.8 Å². The fourth-order valence-corrected chi connectivity index (χ4v) is 5.58. The van der Waals surface area contributed by atoms with E-state index in [1.807, 2.05) is 23.1 Å². The van der Waals surface area contributed by atoms with Crippen LogP contribution in [-0.2, 0) is 0 Å². The predicted octanol–water partition coefficient (Wildman–Crippen LogP) is 5.58. The summed E-state index contributed by atoms with van der Waals surface area (Å²) >= 11 is 3.13. The average Bonchev–Trinajstić information content (AvgIpc) is 3.41. The topological polar surface area (TPSA) is 46.1 Å². The number of amides is 1. The van der Waals surface area contributed by atoms with Gasteiger partial charge in [-0.3, -0.25) is 4.79 Å². The van der Waals surface area contributed by atoms with Crippen LogP contribution in [0.25, 0.3) is 20.8 Å². The normalized spacial score (nSPS) is 17.0. The Morgan fingerprint density at radius 2 is 1.93 bits per heavy atom. The van der Waals surface area contributed by atoms with Crippen molar-refractivity contribution in [1.29, 1.82) is 0 Å². The van der Waals surface area contributed by atoms with E-state index in [4.69, 9.17) is 4.98 Å². The molecule has 0 saturated carbocycles. The number of halogens is 1. The lowest BCUT2D eigenvalue weighted by molar-refractivity contribution is 0.0702. The summed E-state index contributed by atoms with van der Waals surface area (Å²) in [5, 5.41) is 3.63. The SMILES string of the molecule is O=C(c1csc(-c2ccc(F)cc2)n1)N1CCCC(c2nc3ccccc3s2)C1. The maximum atomic E-state index is 13.1. The monoisotopic (exact) mass is 423 g/mol. The quantitative estimate of drug-likeness (QED) is 0.432. The van der Waals surface area contributed by atoms with Crippen LogP contribution in [0.5, 0.6) is 0 Å². The molecular formula is C22H18FN3OS2. The van der Waals surface area contributed by atoms with Crippen LogP contribution in [0.1, 0.15) is 34.3 Å². The van der Waals surface area contributed by atoms with Gasteiger partial charge in [0.15, 0.2) is 0 Å². The number of piperidine rings is 1. The van der Waals surface area contributed by atoms with Crippen molar-refractivity contribution >= 4 is 38.8 Å². The van der Waals surface area contributed by atoms with Gasteiger partial charge in [-0.05, 0) is 49.2 Å². The molecule has 1 aliphatic heterocycles. The molecule has 29 heavy (non-hydrogen) atoms. The first-order valence-corrected chi connectivity index (χ1v) is 11.2. The molecule has 1 saturated heterocycles. The number of fused-ring (bicyclic) bond motifs is 1. The second kappa shape index (κ2) is 7.65. The lowest BCUT2D eigenvalue weighted by Gasteiger charge is -2.31. The number of aromatic nitrogens is 2. The highest BCUT2D eigenvalue weighted by molar-refractivity contribution is 7.18. The number of nitrogens with zero attached hydrogens (tertiary/aromatic N) is 3. The number of benzene rings is 2. The van der Waals surface area contributed by atoms with Gasteiger partial charge in [-0.1, -0.05) is 12.1 Å². The van der Waals surface area contributed by atoms with Crippen LogP contribution in [0.15, 0.2) is 53.9 Å². The van der Waals surface area contributed by atoms with Crippen LogP contribution in [0.4, 0.5) is 4.39 Å². The van der Waals surface area contributed by atoms with Crippen LogP contribution < -0.4 is 0 Å². The summed E-state index contributed by atoms with van der Waals surface area (Å²) in [6.45, 7) is 1.41. The highest BCUT2D eigenvalue weighted by Gasteiger charge is 2.28. The molecule has 0 radical (unpaired) electrons. The van der Waals surface area contributed by atoms with E-state index in [-0.39, 0.29) is 17.6 Å². The van der Waals surface area contributed by atoms with Crippen molar-refractivity contribution in [2.45, 2.75) is 18.8 Å². The first-order valence-electron chi connectivity index (χ1n) is 9.53. The molecule has 5 rings (SSSR count). The summed E-state index contributed by atoms with van der Waals surface area (Å²) in [5.74, 6) is -0.0588. The number of likely N-dealkylation sites (tertiary alicyclic amines) is 1. The molecule has 0 N–H and O–H groups in total. The molecule has 4 aromatic rings. The lowest BCUT2D eigenvalue weighted by atomic mass is 9.98. The van der Waals surface area contributed by atoms with Gasteiger partial charge in [0, 0.05) is 30.0 Å². The maximum absolute atomic E-state index is 13.1. The minimum Gasteiger partial charge on any atom is -0.337 e. The van der Waals surface area contributed by atoms with E-state index >= 15 is 0 Å². The fraction of sp³-hybridized carbons (Fsp3) is 0.227. The summed E-state index contributed by atoms with van der Waals surface area (Å²) in [7, 11) is 0. The Bertz CT molecular complexity index is 1140. The van der Waals surface area contributed by atoms with Crippen LogP contribution in [0.2, 0.25) is 0 Å². The van der Waals surface area contributed by atoms with Crippen molar-refractivity contribution in [2.75, 3.05) is 13.1 Å². The molecular weight excluding hydrogens is 405 g/mol. The summed E-state index contributed by atoms with van der Waals surface area (Å²) in [6.07, 6.45) is 2.00. The number of hydrogen-bond donors (Lipinski definition) is 0. The minimum absolute atomic E-state index is 0.0413. The fourth-order valence-electron chi connectivity index (χ4n) is 3.69. The second-order valence-electron chi connectivity index (χ2n) is 7.15. The first-order chi connectivity index (χ1) is 14.2. The van der Waals surface area contributed by atoms with Crippen LogP contribution in [-0.4, -0.2) is 33.9 Å². The van der Waals surface area contributed by atoms with Gasteiger partial charge in [-0.15, -0.1) is 22.7 Å². The van der Waals surface area contributed by atoms with Gasteiger partial charge in [-0.2, -0.15) is 0 Å². The Labute approximate surface area is 175 Å². The van der Waals surface area contributed by atoms with Gasteiger partial charge in [0.05, 0.1) is 15.2 Å². The minimum atomic E-state index is -0.282. The van der Waals surface area contributed by atoms with Crippen molar-refractivity contribution in [3.63, 3.8) is 0 Å². The molecule has 1 amide bonds. The molecule has 7 heteroatoms. The third-order valence-corrected chi connectivity index (χ3v) is 7.27. The van der Waals surface area contributed by atoms with Gasteiger partial charge in [-0.25, -0.2) is 14.4 Å². The zero-order valence-electron chi connectivity index (χ0n) is 15.5. The third-order valence-electron chi connectivity index (χ3n) is 5.18. The zero-order valence-corrected chi connectivity index (χ0v) is 17.2. The molecule has 3 heterocycles. The van der Waals surface area contributed by atoms with Crippen LogP contribution in [0, 0.1) is 5.82 Å². The van der Waals surface area contributed by atoms with E-state index < -0.39 is 0 Å². The van der Waals surface area contributed by atoms with Crippen molar-refractivity contribution in [2.24, 2.45) is 0 Å². The Hall–Kier alpha value is -2.64. The first kappa shape index (κ1) is 18.4. The maximum Gasteiger partial charge on any atom is 0.273 e. The summed E-state index contributed by atoms with van der Waals surface area (Å²) in [4.78, 5) is 24.2. The molecule has 1 aliphatic rings. The van der Waals surface area contributed by atoms with Crippen molar-refractivity contribution < 1.29 is 9.18 Å². The van der Waals surface area contributed by atoms with E-state index in [0.29, 0.717) is 12.2 Å². The molecule has 1 unspecified atom stereocenters. The van der Waals surface area contributed by atoms with E-state index in [9.17, 15) is 9.18 Å². The van der Waals surface area contributed by atoms with E-state index in [2.05, 4.69) is 11.1 Å². The lowest BCUT2D eigenvalue weighted by Crippen LogP contribution is -2.39. The van der Waals surface area contributed by atoms with E-state index in [1.165, 1.54) is 28.2 Å². The Morgan fingerprint density at radius 1 is 1.10 bits per heavy atom. The number of hydrogen-bond acceptors (Lipinski definition) is 5. The van der Waals surface area contributed by atoms with Crippen molar-refractivity contribution in [3.05, 3.63) is 70.4 Å². The molecule has 1 fully saturated rings. The molecule has 0 bridgehead atoms. The van der Waals surface area contributed by atoms with Crippen molar-refractivity contribution in [3.8, 4) is 10.6 Å². The Balaban J connectivity index is 1.34. The highest BCUT2D eigenvalue weighted by Crippen LogP contribution is 2.33. The standard InChI is InChI=1S/C22H18FN3OS2/c23-16-9-7-14(8-10-16)20-25-18(13-28-20)22(27)26-11-3-4-15(12-26)21-24-17-5-1-2-6-19(17)29-21/h1-2,5-10,13,15H,3-4,11-12H2. The molecule has 2 aromatic carbocycles. The number of carbonyl (C=O) groups excluding carboxylic acids is 1. The highest BCUT2D eigenvalue weighted by atomic mass is 32.1. The summed E-state index contributed by atoms with van der Waals surface area (Å²) in [5.41, 5.74) is 2.31. The van der Waals surface area contributed by atoms with Crippen LogP contribution in [0.3, 0.4) is 0 Å². The summed E-state index contributed by atoms with van der Waals surface area (Å²) < 4.78 is 14.3. The number of carbonyl (C=O) groups is 1.